The molecule has 4 rings (SSSR count). The first kappa shape index (κ1) is 26.5. The molecule has 9 heteroatoms. The predicted molar refractivity (Wildman–Crippen MR) is 153 cm³/mol. The molecule has 194 valence electrons. The third kappa shape index (κ3) is 5.89. The molecular weight excluding hydrogens is 484 g/mol. The van der Waals surface area contributed by atoms with Gasteiger partial charge in [0, 0.05) is 63.6 Å². The van der Waals surface area contributed by atoms with E-state index in [0.29, 0.717) is 17.2 Å². The van der Waals surface area contributed by atoms with Crippen molar-refractivity contribution in [2.24, 2.45) is 17.0 Å². The topological polar surface area (TPSA) is 82.3 Å². The zero-order valence-electron chi connectivity index (χ0n) is 22.0. The maximum absolute atomic E-state index is 13.4. The first-order valence-corrected chi connectivity index (χ1v) is 13.2. The molecule has 3 heterocycles. The lowest BCUT2D eigenvalue weighted by Gasteiger charge is -2.34. The summed E-state index contributed by atoms with van der Waals surface area (Å²) in [7, 11) is 1.90. The summed E-state index contributed by atoms with van der Waals surface area (Å²) >= 11 is 1.50. The van der Waals surface area contributed by atoms with Gasteiger partial charge in [0.25, 0.3) is 5.91 Å². The first-order valence-electron chi connectivity index (χ1n) is 12.4. The maximum Gasteiger partial charge on any atom is 0.257 e. The minimum atomic E-state index is -0.349. The fourth-order valence-electron chi connectivity index (χ4n) is 4.54. The molecule has 0 radical (unpaired) electrons. The van der Waals surface area contributed by atoms with Gasteiger partial charge < -0.3 is 14.8 Å². The second-order valence-electron chi connectivity index (χ2n) is 9.31. The third-order valence-corrected chi connectivity index (χ3v) is 7.93. The number of hydrogen-bond donors (Lipinski definition) is 1. The number of pyridine rings is 1. The third-order valence-electron chi connectivity index (χ3n) is 6.66. The summed E-state index contributed by atoms with van der Waals surface area (Å²) in [6.07, 6.45) is 5.26. The highest BCUT2D eigenvalue weighted by atomic mass is 32.1. The Kier molecular flexibility index (Phi) is 8.35. The molecule has 1 saturated heterocycles. The molecule has 3 aromatic rings. The largest absolute Gasteiger partial charge is 0.349 e. The lowest BCUT2D eigenvalue weighted by atomic mass is 10.1. The van der Waals surface area contributed by atoms with Crippen LogP contribution in [0.2, 0.25) is 0 Å². The molecule has 1 amide bonds. The number of thiophene rings is 1. The van der Waals surface area contributed by atoms with E-state index < -0.39 is 0 Å². The minimum absolute atomic E-state index is 0.174. The number of amides is 1. The van der Waals surface area contributed by atoms with Crippen LogP contribution in [0.5, 0.6) is 0 Å². The van der Waals surface area contributed by atoms with Crippen LogP contribution < -0.4 is 10.7 Å². The maximum atomic E-state index is 13.4. The lowest BCUT2D eigenvalue weighted by molar-refractivity contribution is 0.0949. The summed E-state index contributed by atoms with van der Waals surface area (Å²) in [5.74, 6) is 0.296. The standard InChI is InChI=1S/C28H34N6O2S/c1-6-11-30-28(29-4)34-14-12-33(13-15-34)18-23-20(3)24-26(37-23)25(35)22(17-32(24)5)27(36)31-16-21-9-7-19(2)8-10-21/h6-11,17H,4,12-16,18H2,1-3,5H3,(H,31,36)/b11-6-,30-28?. The molecule has 0 spiro atoms. The van der Waals surface area contributed by atoms with Crippen LogP contribution in [-0.4, -0.2) is 59.1 Å². The van der Waals surface area contributed by atoms with E-state index in [2.05, 4.69) is 38.7 Å². The smallest absolute Gasteiger partial charge is 0.257 e. The van der Waals surface area contributed by atoms with Gasteiger partial charge in [-0.2, -0.15) is 0 Å². The van der Waals surface area contributed by atoms with Crippen LogP contribution in [0, 0.1) is 13.8 Å². The summed E-state index contributed by atoms with van der Waals surface area (Å²) in [6, 6.07) is 7.98. The van der Waals surface area contributed by atoms with Crippen LogP contribution in [0.15, 0.2) is 57.5 Å². The van der Waals surface area contributed by atoms with Gasteiger partial charge >= 0.3 is 0 Å². The van der Waals surface area contributed by atoms with Gasteiger partial charge in [-0.25, -0.2) is 9.98 Å². The average molecular weight is 519 g/mol. The number of carbonyl (C=O) groups is 1. The second-order valence-corrected chi connectivity index (χ2v) is 10.4. The molecule has 0 aliphatic carbocycles. The van der Waals surface area contributed by atoms with Crippen LogP contribution in [0.1, 0.15) is 38.8 Å². The van der Waals surface area contributed by atoms with Gasteiger partial charge in [-0.3, -0.25) is 14.5 Å². The van der Waals surface area contributed by atoms with Crippen LogP contribution in [0.25, 0.3) is 10.2 Å². The van der Waals surface area contributed by atoms with Crippen LogP contribution in [0.3, 0.4) is 0 Å². The SMILES string of the molecule is C=NC(=N/C=C\C)N1CCN(Cc2sc3c(=O)c(C(=O)NCc4ccc(C)cc4)cn(C)c3c2C)CC1. The molecule has 1 aliphatic rings. The summed E-state index contributed by atoms with van der Waals surface area (Å²) in [6.45, 7) is 14.1. The number of aromatic nitrogens is 1. The van der Waals surface area contributed by atoms with Crippen LogP contribution in [-0.2, 0) is 20.1 Å². The Morgan fingerprint density at radius 1 is 1.16 bits per heavy atom. The molecule has 1 aliphatic heterocycles. The van der Waals surface area contributed by atoms with E-state index in [0.717, 1.165) is 59.8 Å². The number of nitrogens with one attached hydrogen (secondary N) is 1. The monoisotopic (exact) mass is 518 g/mol. The summed E-state index contributed by atoms with van der Waals surface area (Å²) < 4.78 is 2.54. The number of hydrogen-bond acceptors (Lipinski definition) is 5. The van der Waals surface area contributed by atoms with Crippen molar-refractivity contribution in [1.82, 2.24) is 19.7 Å². The minimum Gasteiger partial charge on any atom is -0.349 e. The van der Waals surface area contributed by atoms with E-state index in [4.69, 9.17) is 0 Å². The molecule has 0 bridgehead atoms. The Morgan fingerprint density at radius 2 is 1.86 bits per heavy atom. The van der Waals surface area contributed by atoms with Crippen molar-refractivity contribution < 1.29 is 4.79 Å². The molecule has 0 unspecified atom stereocenters. The molecule has 2 aromatic heterocycles. The van der Waals surface area contributed by atoms with E-state index in [1.165, 1.54) is 11.3 Å². The Morgan fingerprint density at radius 3 is 2.51 bits per heavy atom. The van der Waals surface area contributed by atoms with Gasteiger partial charge in [-0.15, -0.1) is 11.3 Å². The first-order chi connectivity index (χ1) is 17.8. The number of allylic oxidation sites excluding steroid dienone is 1. The van der Waals surface area contributed by atoms with E-state index >= 15 is 0 Å². The summed E-state index contributed by atoms with van der Waals surface area (Å²) in [5, 5.41) is 2.90. The van der Waals surface area contributed by atoms with Crippen molar-refractivity contribution in [3.63, 3.8) is 0 Å². The van der Waals surface area contributed by atoms with Crippen molar-refractivity contribution in [2.45, 2.75) is 33.9 Å². The second kappa shape index (κ2) is 11.7. The summed E-state index contributed by atoms with van der Waals surface area (Å²) in [5.41, 5.74) is 4.12. The number of piperazine rings is 1. The average Bonchev–Trinajstić information content (AvgIpc) is 3.23. The molecule has 1 N–H and O–H groups in total. The number of carbonyl (C=O) groups excluding carboxylic acids is 1. The highest BCUT2D eigenvalue weighted by molar-refractivity contribution is 7.19. The Balaban J connectivity index is 1.49. The number of nitrogens with zero attached hydrogens (tertiary/aromatic N) is 5. The van der Waals surface area contributed by atoms with E-state index in [-0.39, 0.29) is 16.9 Å². The van der Waals surface area contributed by atoms with E-state index in [1.54, 1.807) is 12.4 Å². The van der Waals surface area contributed by atoms with Crippen molar-refractivity contribution in [2.75, 3.05) is 26.2 Å². The van der Waals surface area contributed by atoms with Crippen molar-refractivity contribution in [3.8, 4) is 0 Å². The fraction of sp³-hybridized carbons (Fsp3) is 0.357. The number of aliphatic imine (C=N–C) groups is 2. The number of rotatable bonds is 6. The van der Waals surface area contributed by atoms with Crippen LogP contribution in [0.4, 0.5) is 0 Å². The predicted octanol–water partition coefficient (Wildman–Crippen LogP) is 3.85. The Hall–Kier alpha value is -3.56. The fourth-order valence-corrected chi connectivity index (χ4v) is 5.88. The highest BCUT2D eigenvalue weighted by Gasteiger charge is 2.23. The van der Waals surface area contributed by atoms with E-state index in [1.807, 2.05) is 55.8 Å². The van der Waals surface area contributed by atoms with Gasteiger partial charge in [0.1, 0.15) is 5.56 Å². The Labute approximate surface area is 221 Å². The van der Waals surface area contributed by atoms with E-state index in [9.17, 15) is 9.59 Å². The van der Waals surface area contributed by atoms with Gasteiger partial charge in [-0.1, -0.05) is 35.9 Å². The zero-order chi connectivity index (χ0) is 26.5. The molecule has 0 saturated carbocycles. The van der Waals surface area contributed by atoms with Gasteiger partial charge in [-0.05, 0) is 38.6 Å². The molecule has 1 aromatic carbocycles. The van der Waals surface area contributed by atoms with Crippen molar-refractivity contribution in [3.05, 3.63) is 80.1 Å². The molecule has 0 atom stereocenters. The quantitative estimate of drug-likeness (QED) is 0.397. The van der Waals surface area contributed by atoms with Gasteiger partial charge in [0.15, 0.2) is 0 Å². The molecule has 8 nitrogen and oxygen atoms in total. The lowest BCUT2D eigenvalue weighted by Crippen LogP contribution is -2.47. The number of aryl methyl sites for hydroxylation is 3. The van der Waals surface area contributed by atoms with Gasteiger partial charge in [0.05, 0.1) is 10.2 Å². The zero-order valence-corrected chi connectivity index (χ0v) is 22.8. The normalized spacial score (nSPS) is 15.0. The highest BCUT2D eigenvalue weighted by Crippen LogP contribution is 2.30. The van der Waals surface area contributed by atoms with Crippen LogP contribution >= 0.6 is 11.3 Å². The number of benzene rings is 1. The molecule has 1 fully saturated rings. The molecular formula is C28H34N6O2S. The number of guanidine groups is 1. The van der Waals surface area contributed by atoms with Crippen molar-refractivity contribution >= 4 is 40.1 Å². The van der Waals surface area contributed by atoms with Crippen molar-refractivity contribution in [1.29, 1.82) is 0 Å². The Bertz CT molecular complexity index is 1410. The summed E-state index contributed by atoms with van der Waals surface area (Å²) in [4.78, 5) is 40.4. The number of fused-ring (bicyclic) bond motifs is 1. The molecule has 37 heavy (non-hydrogen) atoms. The van der Waals surface area contributed by atoms with Gasteiger partial charge in [0.2, 0.25) is 11.4 Å².